The minimum Gasteiger partial charge on any atom is -0.524 e. The van der Waals surface area contributed by atoms with Crippen LogP contribution in [-0.4, -0.2) is 40.2 Å². The predicted octanol–water partition coefficient (Wildman–Crippen LogP) is 5.74. The van der Waals surface area contributed by atoms with Crippen LogP contribution in [0.5, 0.6) is 0 Å². The molecule has 1 unspecified atom stereocenters. The van der Waals surface area contributed by atoms with Crippen LogP contribution in [0.2, 0.25) is 0 Å². The van der Waals surface area contributed by atoms with Crippen molar-refractivity contribution in [2.24, 2.45) is 11.3 Å². The molecule has 0 bridgehead atoms. The molecular weight excluding hydrogens is 411 g/mol. The second kappa shape index (κ2) is 16.3. The summed E-state index contributed by atoms with van der Waals surface area (Å²) in [5.41, 5.74) is 0.945. The monoisotopic (exact) mass is 472 g/mol. The number of nitrogens with zero attached hydrogens (tertiary/aromatic N) is 1. The molecule has 4 heteroatoms. The van der Waals surface area contributed by atoms with Gasteiger partial charge in [0.05, 0.1) is 0 Å². The van der Waals surface area contributed by atoms with Crippen LogP contribution in [0.1, 0.15) is 151 Å². The van der Waals surface area contributed by atoms with Gasteiger partial charge in [0.2, 0.25) is 31.2 Å². The zero-order chi connectivity index (χ0) is 23.1. The second-order valence-electron chi connectivity index (χ2n) is 12.7. The van der Waals surface area contributed by atoms with Crippen molar-refractivity contribution in [1.82, 2.24) is 0 Å². The highest BCUT2D eigenvalue weighted by molar-refractivity contribution is 6.29. The Hall–Kier alpha value is 0.611. The number of hydrogen-bond donors (Lipinski definition) is 0. The van der Waals surface area contributed by atoms with Crippen molar-refractivity contribution >= 4 is 31.2 Å². The summed E-state index contributed by atoms with van der Waals surface area (Å²) in [6.45, 7) is 15.0. The minimum atomic E-state index is 0.446. The number of unbranched alkanes of at least 4 members (excludes halogenated alkanes) is 15. The Kier molecular flexibility index (Phi) is 16.6. The molecular formula is C26H62NSi3+. The largest absolute Gasteiger partial charge is 0.524 e. The Labute approximate surface area is 202 Å². The molecule has 0 saturated heterocycles. The second-order valence-corrected chi connectivity index (χ2v) is 24.8. The minimum absolute atomic E-state index is 0.446. The van der Waals surface area contributed by atoms with E-state index in [4.69, 9.17) is 0 Å². The first-order valence-corrected chi connectivity index (χ1v) is 16.4. The average molecular weight is 473 g/mol. The molecule has 0 amide bonds. The van der Waals surface area contributed by atoms with Gasteiger partial charge in [0.1, 0.15) is 0 Å². The summed E-state index contributed by atoms with van der Waals surface area (Å²) in [4.78, 5) is 0. The van der Waals surface area contributed by atoms with Crippen LogP contribution in [0, 0.1) is 11.3 Å². The van der Waals surface area contributed by atoms with Gasteiger partial charge < -0.3 is 3.48 Å². The lowest BCUT2D eigenvalue weighted by atomic mass is 9.68. The Morgan fingerprint density at radius 2 is 0.833 bits per heavy atom. The molecule has 182 valence electrons. The fourth-order valence-electron chi connectivity index (χ4n) is 5.21. The van der Waals surface area contributed by atoms with Gasteiger partial charge in [-0.2, -0.15) is 0 Å². The van der Waals surface area contributed by atoms with E-state index >= 15 is 0 Å². The molecule has 0 aliphatic heterocycles. The molecule has 0 saturated carbocycles. The molecule has 0 aromatic rings. The van der Waals surface area contributed by atoms with E-state index in [-0.39, 0.29) is 0 Å². The third kappa shape index (κ3) is 13.9. The topological polar surface area (TPSA) is 0 Å². The molecule has 0 aliphatic carbocycles. The highest BCUT2D eigenvalue weighted by atomic mass is 28.3. The molecule has 0 aromatic heterocycles. The van der Waals surface area contributed by atoms with Gasteiger partial charge >= 0.3 is 0 Å². The molecule has 0 aromatic carbocycles. The maximum atomic E-state index is 2.59. The van der Waals surface area contributed by atoms with Gasteiger partial charge in [0.15, 0.2) is 0 Å². The van der Waals surface area contributed by atoms with Crippen LogP contribution in [0.15, 0.2) is 0 Å². The first-order chi connectivity index (χ1) is 13.9. The van der Waals surface area contributed by atoms with Crippen molar-refractivity contribution in [2.75, 3.05) is 0 Å². The highest BCUT2D eigenvalue weighted by Crippen LogP contribution is 2.42. The zero-order valence-electron chi connectivity index (χ0n) is 23.0. The number of rotatable bonds is 19. The third-order valence-electron chi connectivity index (χ3n) is 7.97. The molecule has 0 spiro atoms. The Bertz CT molecular complexity index is 396. The summed E-state index contributed by atoms with van der Waals surface area (Å²) in [6, 6.07) is 0. The molecule has 0 aliphatic rings. The van der Waals surface area contributed by atoms with Crippen molar-refractivity contribution in [3.05, 3.63) is 0 Å². The van der Waals surface area contributed by atoms with Gasteiger partial charge in [-0.3, -0.25) is 0 Å². The molecule has 1 nitrogen and oxygen atoms in total. The van der Waals surface area contributed by atoms with Gasteiger partial charge in [0.25, 0.3) is 0 Å². The van der Waals surface area contributed by atoms with E-state index in [0.717, 1.165) is 5.92 Å². The van der Waals surface area contributed by atoms with Crippen LogP contribution >= 0.6 is 0 Å². The molecule has 30 heavy (non-hydrogen) atoms. The summed E-state index contributed by atoms with van der Waals surface area (Å²) in [5.74, 6) is 0.865. The fourth-order valence-corrected chi connectivity index (χ4v) is 6.15. The Morgan fingerprint density at radius 1 is 0.533 bits per heavy atom. The predicted molar refractivity (Wildman–Crippen MR) is 151 cm³/mol. The fraction of sp³-hybridized carbons (Fsp3) is 1.00. The Balaban J connectivity index is 3.72. The number of quaternary nitrogens is 1. The molecule has 1 atom stereocenters. The van der Waals surface area contributed by atoms with Gasteiger partial charge in [-0.1, -0.05) is 130 Å². The third-order valence-corrected chi connectivity index (χ3v) is 11.4. The van der Waals surface area contributed by atoms with Gasteiger partial charge in [-0.25, -0.2) is 0 Å². The summed E-state index contributed by atoms with van der Waals surface area (Å²) in [5, 5.41) is 0. The van der Waals surface area contributed by atoms with Crippen LogP contribution in [0.25, 0.3) is 0 Å². The maximum absolute atomic E-state index is 2.59. The quantitative estimate of drug-likeness (QED) is 0.166. The Morgan fingerprint density at radius 3 is 1.10 bits per heavy atom. The highest BCUT2D eigenvalue weighted by Gasteiger charge is 2.43. The van der Waals surface area contributed by atoms with Gasteiger partial charge in [-0.05, 0) is 25.7 Å². The normalized spacial score (nSPS) is 16.2. The molecule has 0 heterocycles. The zero-order valence-corrected chi connectivity index (χ0v) is 29.0. The lowest BCUT2D eigenvalue weighted by molar-refractivity contribution is -0.643. The average Bonchev–Trinajstić information content (AvgIpc) is 2.62. The smallest absolute Gasteiger partial charge is 0.205 e. The summed E-state index contributed by atoms with van der Waals surface area (Å²) in [7, 11) is 4.02. The first kappa shape index (κ1) is 30.6. The van der Waals surface area contributed by atoms with Gasteiger partial charge in [0, 0.05) is 11.5 Å². The molecule has 0 radical (unpaired) electrons. The van der Waals surface area contributed by atoms with E-state index in [2.05, 4.69) is 41.5 Å². The first-order valence-electron chi connectivity index (χ1n) is 13.8. The van der Waals surface area contributed by atoms with Crippen molar-refractivity contribution in [2.45, 2.75) is 156 Å². The van der Waals surface area contributed by atoms with E-state index < -0.39 is 0 Å². The summed E-state index contributed by atoms with van der Waals surface area (Å²) >= 11 is 0. The van der Waals surface area contributed by atoms with Crippen molar-refractivity contribution in [3.63, 3.8) is 0 Å². The van der Waals surface area contributed by atoms with Crippen LogP contribution in [0.3, 0.4) is 0 Å². The molecule has 0 rings (SSSR count). The van der Waals surface area contributed by atoms with E-state index in [0.29, 0.717) is 11.0 Å². The summed E-state index contributed by atoms with van der Waals surface area (Å²) in [6.07, 6.45) is 24.9. The lowest BCUT2D eigenvalue weighted by Gasteiger charge is -2.55. The van der Waals surface area contributed by atoms with E-state index in [1.54, 1.807) is 0 Å². The standard InChI is InChI=1S/C26H62NSi3/c1-7-8-9-10-11-12-13-14-15-16-17-18-19-20-21-22-23-24(25(2,3)4)26(5,6)27(28,29)30/h24H,7-23H2,1-6,28-30H3/q+1. The number of hydrogen-bond acceptors (Lipinski definition) is 0. The molecule has 0 fully saturated rings. The SMILES string of the molecule is CCCCCCCCCCCCCCCCCCC(C(C)(C)C)C(C)(C)[N+]([SiH3])([SiH3])[SiH3]. The van der Waals surface area contributed by atoms with Gasteiger partial charge in [-0.15, -0.1) is 0 Å². The maximum Gasteiger partial charge on any atom is 0.205 e. The van der Waals surface area contributed by atoms with Crippen molar-refractivity contribution in [1.29, 1.82) is 0 Å². The van der Waals surface area contributed by atoms with E-state index in [1.165, 1.54) is 144 Å². The van der Waals surface area contributed by atoms with Crippen molar-refractivity contribution in [3.8, 4) is 0 Å². The van der Waals surface area contributed by atoms with Crippen LogP contribution in [-0.2, 0) is 0 Å². The van der Waals surface area contributed by atoms with E-state index in [9.17, 15) is 0 Å². The lowest BCUT2D eigenvalue weighted by Crippen LogP contribution is -2.62. The summed E-state index contributed by atoms with van der Waals surface area (Å²) < 4.78 is 1.47. The van der Waals surface area contributed by atoms with Crippen molar-refractivity contribution < 1.29 is 3.48 Å². The van der Waals surface area contributed by atoms with Crippen LogP contribution in [0.4, 0.5) is 0 Å². The van der Waals surface area contributed by atoms with Crippen LogP contribution < -0.4 is 0 Å². The molecule has 0 N–H and O–H groups in total. The van der Waals surface area contributed by atoms with E-state index in [1.807, 2.05) is 0 Å².